The van der Waals surface area contributed by atoms with Crippen LogP contribution in [-0.4, -0.2) is 23.2 Å². The maximum absolute atomic E-state index is 10.5. The van der Waals surface area contributed by atoms with Crippen molar-refractivity contribution in [2.45, 2.75) is 57.0 Å². The van der Waals surface area contributed by atoms with Gasteiger partial charge in [0.05, 0.1) is 0 Å². The van der Waals surface area contributed by atoms with Crippen molar-refractivity contribution in [3.8, 4) is 0 Å². The normalized spacial score (nSPS) is 32.9. The van der Waals surface area contributed by atoms with Gasteiger partial charge in [0.15, 0.2) is 0 Å². The van der Waals surface area contributed by atoms with Gasteiger partial charge in [0.1, 0.15) is 0 Å². The topological polar surface area (TPSA) is 49.3 Å². The molecule has 80 valence electrons. The Morgan fingerprint density at radius 1 is 1.07 bits per heavy atom. The van der Waals surface area contributed by atoms with E-state index in [4.69, 9.17) is 5.11 Å². The van der Waals surface area contributed by atoms with Crippen LogP contribution in [0.4, 0.5) is 0 Å². The Morgan fingerprint density at radius 3 is 2.00 bits per heavy atom. The van der Waals surface area contributed by atoms with Gasteiger partial charge in [0, 0.05) is 18.5 Å². The van der Waals surface area contributed by atoms with Crippen LogP contribution in [0.2, 0.25) is 0 Å². The fourth-order valence-corrected chi connectivity index (χ4v) is 2.36. The van der Waals surface area contributed by atoms with E-state index in [0.29, 0.717) is 18.4 Å². The van der Waals surface area contributed by atoms with Crippen molar-refractivity contribution in [2.75, 3.05) is 0 Å². The van der Waals surface area contributed by atoms with E-state index in [0.717, 1.165) is 18.9 Å². The Morgan fingerprint density at radius 2 is 1.57 bits per heavy atom. The Balaban J connectivity index is 1.66. The van der Waals surface area contributed by atoms with E-state index in [2.05, 4.69) is 5.32 Å². The number of carbonyl (C=O) groups is 1. The van der Waals surface area contributed by atoms with Crippen molar-refractivity contribution in [2.24, 2.45) is 5.92 Å². The van der Waals surface area contributed by atoms with Crippen molar-refractivity contribution in [1.29, 1.82) is 0 Å². The standard InChI is InChI=1S/C11H19NO2/c13-11(14)7-8-1-3-9(4-2-8)12-10-5-6-10/h8-10,12H,1-7H2,(H,13,14)/t8-,9-. The average molecular weight is 197 g/mol. The largest absolute Gasteiger partial charge is 0.481 e. The van der Waals surface area contributed by atoms with E-state index in [1.807, 2.05) is 0 Å². The molecule has 0 spiro atoms. The molecule has 14 heavy (non-hydrogen) atoms. The summed E-state index contributed by atoms with van der Waals surface area (Å²) in [6.45, 7) is 0. The highest BCUT2D eigenvalue weighted by Gasteiger charge is 2.28. The van der Waals surface area contributed by atoms with Crippen molar-refractivity contribution in [1.82, 2.24) is 5.32 Å². The Hall–Kier alpha value is -0.570. The molecule has 3 heteroatoms. The van der Waals surface area contributed by atoms with Crippen LogP contribution in [0.5, 0.6) is 0 Å². The molecular weight excluding hydrogens is 178 g/mol. The van der Waals surface area contributed by atoms with Gasteiger partial charge in [0.25, 0.3) is 0 Å². The summed E-state index contributed by atoms with van der Waals surface area (Å²) in [5.74, 6) is -0.201. The molecule has 2 aliphatic carbocycles. The number of carboxylic acids is 1. The third-order valence-electron chi connectivity index (χ3n) is 3.36. The lowest BCUT2D eigenvalue weighted by atomic mass is 9.84. The van der Waals surface area contributed by atoms with E-state index in [-0.39, 0.29) is 0 Å². The van der Waals surface area contributed by atoms with Gasteiger partial charge in [-0.05, 0) is 44.4 Å². The Kier molecular flexibility index (Phi) is 3.06. The van der Waals surface area contributed by atoms with Gasteiger partial charge >= 0.3 is 5.97 Å². The van der Waals surface area contributed by atoms with Gasteiger partial charge < -0.3 is 10.4 Å². The zero-order valence-electron chi connectivity index (χ0n) is 8.54. The van der Waals surface area contributed by atoms with Gasteiger partial charge in [0.2, 0.25) is 0 Å². The molecule has 0 heterocycles. The van der Waals surface area contributed by atoms with Gasteiger partial charge in [-0.15, -0.1) is 0 Å². The molecule has 0 bridgehead atoms. The summed E-state index contributed by atoms with van der Waals surface area (Å²) in [4.78, 5) is 10.5. The van der Waals surface area contributed by atoms with Crippen LogP contribution in [-0.2, 0) is 4.79 Å². The summed E-state index contributed by atoms with van der Waals surface area (Å²) in [5.41, 5.74) is 0. The number of carboxylic acid groups (broad SMARTS) is 1. The SMILES string of the molecule is O=C(O)C[C@H]1CC[C@H](NC2CC2)CC1. The zero-order valence-corrected chi connectivity index (χ0v) is 8.54. The molecule has 0 aliphatic heterocycles. The van der Waals surface area contributed by atoms with Crippen LogP contribution in [0, 0.1) is 5.92 Å². The molecule has 0 atom stereocenters. The van der Waals surface area contributed by atoms with Crippen LogP contribution in [0.3, 0.4) is 0 Å². The molecule has 2 fully saturated rings. The molecule has 0 unspecified atom stereocenters. The van der Waals surface area contributed by atoms with E-state index < -0.39 is 5.97 Å². The molecule has 0 saturated heterocycles. The molecule has 2 saturated carbocycles. The molecule has 0 aromatic carbocycles. The average Bonchev–Trinajstić information content (AvgIpc) is 2.91. The second kappa shape index (κ2) is 4.30. The highest BCUT2D eigenvalue weighted by molar-refractivity contribution is 5.67. The third-order valence-corrected chi connectivity index (χ3v) is 3.36. The number of aliphatic carboxylic acids is 1. The molecular formula is C11H19NO2. The van der Waals surface area contributed by atoms with Crippen molar-refractivity contribution in [3.63, 3.8) is 0 Å². The minimum Gasteiger partial charge on any atom is -0.481 e. The van der Waals surface area contributed by atoms with E-state index in [1.165, 1.54) is 25.7 Å². The second-order valence-corrected chi connectivity index (χ2v) is 4.76. The molecule has 2 aliphatic rings. The van der Waals surface area contributed by atoms with E-state index >= 15 is 0 Å². The predicted molar refractivity (Wildman–Crippen MR) is 54.2 cm³/mol. The van der Waals surface area contributed by atoms with Gasteiger partial charge in [-0.2, -0.15) is 0 Å². The van der Waals surface area contributed by atoms with Gasteiger partial charge in [-0.3, -0.25) is 4.79 Å². The van der Waals surface area contributed by atoms with E-state index in [1.54, 1.807) is 0 Å². The fraction of sp³-hybridized carbons (Fsp3) is 0.909. The fourth-order valence-electron chi connectivity index (χ4n) is 2.36. The first-order valence-electron chi connectivity index (χ1n) is 5.72. The van der Waals surface area contributed by atoms with Gasteiger partial charge in [-0.25, -0.2) is 0 Å². The number of hydrogen-bond donors (Lipinski definition) is 2. The minimum atomic E-state index is -0.636. The zero-order chi connectivity index (χ0) is 9.97. The molecule has 0 amide bonds. The first-order valence-corrected chi connectivity index (χ1v) is 5.72. The predicted octanol–water partition coefficient (Wildman–Crippen LogP) is 1.77. The highest BCUT2D eigenvalue weighted by Crippen LogP contribution is 2.29. The lowest BCUT2D eigenvalue weighted by Crippen LogP contribution is -2.34. The summed E-state index contributed by atoms with van der Waals surface area (Å²) in [5, 5.41) is 12.3. The van der Waals surface area contributed by atoms with Crippen LogP contribution in [0.1, 0.15) is 44.9 Å². The number of nitrogens with one attached hydrogen (secondary N) is 1. The van der Waals surface area contributed by atoms with Crippen LogP contribution in [0.25, 0.3) is 0 Å². The summed E-state index contributed by atoms with van der Waals surface area (Å²) in [6.07, 6.45) is 7.59. The summed E-state index contributed by atoms with van der Waals surface area (Å²) >= 11 is 0. The van der Waals surface area contributed by atoms with Crippen LogP contribution in [0.15, 0.2) is 0 Å². The Bertz CT molecular complexity index is 205. The first-order chi connectivity index (χ1) is 6.74. The summed E-state index contributed by atoms with van der Waals surface area (Å²) in [6, 6.07) is 1.46. The lowest BCUT2D eigenvalue weighted by Gasteiger charge is -2.28. The third kappa shape index (κ3) is 2.98. The van der Waals surface area contributed by atoms with Gasteiger partial charge in [-0.1, -0.05) is 0 Å². The molecule has 0 radical (unpaired) electrons. The molecule has 3 nitrogen and oxygen atoms in total. The van der Waals surface area contributed by atoms with Crippen molar-refractivity contribution >= 4 is 5.97 Å². The first kappa shape index (κ1) is 9.97. The summed E-state index contributed by atoms with van der Waals surface area (Å²) in [7, 11) is 0. The van der Waals surface area contributed by atoms with Crippen LogP contribution >= 0.6 is 0 Å². The molecule has 2 rings (SSSR count). The highest BCUT2D eigenvalue weighted by atomic mass is 16.4. The summed E-state index contributed by atoms with van der Waals surface area (Å²) < 4.78 is 0. The molecule has 0 aromatic heterocycles. The van der Waals surface area contributed by atoms with Crippen LogP contribution < -0.4 is 5.32 Å². The number of rotatable bonds is 4. The maximum Gasteiger partial charge on any atom is 0.303 e. The quantitative estimate of drug-likeness (QED) is 0.722. The minimum absolute atomic E-state index is 0.371. The maximum atomic E-state index is 10.5. The molecule has 2 N–H and O–H groups in total. The number of hydrogen-bond acceptors (Lipinski definition) is 2. The lowest BCUT2D eigenvalue weighted by molar-refractivity contribution is -0.138. The smallest absolute Gasteiger partial charge is 0.303 e. The van der Waals surface area contributed by atoms with E-state index in [9.17, 15) is 4.79 Å². The van der Waals surface area contributed by atoms with Crippen molar-refractivity contribution < 1.29 is 9.90 Å². The second-order valence-electron chi connectivity index (χ2n) is 4.76. The Labute approximate surface area is 84.9 Å². The monoisotopic (exact) mass is 197 g/mol. The van der Waals surface area contributed by atoms with Crippen molar-refractivity contribution in [3.05, 3.63) is 0 Å². The molecule has 0 aromatic rings.